The van der Waals surface area contributed by atoms with Gasteiger partial charge in [0.25, 0.3) is 5.91 Å². The van der Waals surface area contributed by atoms with Crippen molar-refractivity contribution >= 4 is 23.2 Å². The molecule has 0 spiro atoms. The molecule has 1 fully saturated rings. The van der Waals surface area contributed by atoms with Crippen LogP contribution in [0.1, 0.15) is 28.9 Å². The molecule has 1 atom stereocenters. The molecule has 1 aromatic rings. The highest BCUT2D eigenvalue weighted by atomic mass is 32.1. The predicted molar refractivity (Wildman–Crippen MR) is 77.7 cm³/mol. The number of hydrogen-bond acceptors (Lipinski definition) is 4. The Balaban J connectivity index is 1.67. The Morgan fingerprint density at radius 3 is 3.05 bits per heavy atom. The Hall–Kier alpha value is -1.40. The highest BCUT2D eigenvalue weighted by Gasteiger charge is 2.25. The summed E-state index contributed by atoms with van der Waals surface area (Å²) in [5, 5.41) is 13.5. The number of carbonyl (C=O) groups excluding carboxylic acids is 2. The van der Waals surface area contributed by atoms with Gasteiger partial charge in [-0.05, 0) is 30.2 Å². The number of likely N-dealkylation sites (tertiary alicyclic amines) is 1. The summed E-state index contributed by atoms with van der Waals surface area (Å²) >= 11 is 1.39. The molecule has 1 aliphatic heterocycles. The van der Waals surface area contributed by atoms with Crippen LogP contribution in [0.4, 0.5) is 0 Å². The minimum absolute atomic E-state index is 0.0805. The topological polar surface area (TPSA) is 69.6 Å². The first-order valence-electron chi connectivity index (χ1n) is 6.91. The predicted octanol–water partition coefficient (Wildman–Crippen LogP) is 1.10. The molecule has 0 aliphatic carbocycles. The van der Waals surface area contributed by atoms with Crippen LogP contribution < -0.4 is 5.32 Å². The lowest BCUT2D eigenvalue weighted by Gasteiger charge is -2.16. The van der Waals surface area contributed by atoms with Crippen LogP contribution in [0.15, 0.2) is 17.5 Å². The monoisotopic (exact) mass is 296 g/mol. The number of amides is 2. The molecule has 2 rings (SSSR count). The summed E-state index contributed by atoms with van der Waals surface area (Å²) in [4.78, 5) is 26.2. The molecule has 0 aromatic carbocycles. The lowest BCUT2D eigenvalue weighted by atomic mass is 10.1. The van der Waals surface area contributed by atoms with Gasteiger partial charge in [0.2, 0.25) is 5.91 Å². The Morgan fingerprint density at radius 2 is 2.35 bits per heavy atom. The van der Waals surface area contributed by atoms with Crippen LogP contribution in [0, 0.1) is 5.92 Å². The summed E-state index contributed by atoms with van der Waals surface area (Å²) in [6.07, 6.45) is 2.07. The second-order valence-corrected chi connectivity index (χ2v) is 5.94. The highest BCUT2D eigenvalue weighted by Crippen LogP contribution is 2.19. The second-order valence-electron chi connectivity index (χ2n) is 4.99. The first kappa shape index (κ1) is 15.0. The third kappa shape index (κ3) is 4.05. The van der Waals surface area contributed by atoms with E-state index in [0.717, 1.165) is 25.9 Å². The minimum atomic E-state index is -0.118. The fraction of sp³-hybridized carbons (Fsp3) is 0.571. The third-order valence-electron chi connectivity index (χ3n) is 3.55. The van der Waals surface area contributed by atoms with E-state index in [1.54, 1.807) is 6.07 Å². The number of aliphatic hydroxyl groups is 1. The largest absolute Gasteiger partial charge is 0.396 e. The number of thiophene rings is 1. The second kappa shape index (κ2) is 7.40. The van der Waals surface area contributed by atoms with Crippen molar-refractivity contribution in [3.63, 3.8) is 0 Å². The summed E-state index contributed by atoms with van der Waals surface area (Å²) in [6, 6.07) is 3.60. The Labute approximate surface area is 122 Å². The van der Waals surface area contributed by atoms with Gasteiger partial charge >= 0.3 is 0 Å². The molecule has 1 saturated heterocycles. The van der Waals surface area contributed by atoms with Crippen molar-refractivity contribution < 1.29 is 14.7 Å². The Kier molecular flexibility index (Phi) is 5.55. The van der Waals surface area contributed by atoms with Crippen molar-refractivity contribution in [1.29, 1.82) is 0 Å². The summed E-state index contributed by atoms with van der Waals surface area (Å²) in [5.74, 6) is 0.383. The van der Waals surface area contributed by atoms with E-state index in [9.17, 15) is 9.59 Å². The highest BCUT2D eigenvalue weighted by molar-refractivity contribution is 7.12. The lowest BCUT2D eigenvalue weighted by molar-refractivity contribution is -0.130. The van der Waals surface area contributed by atoms with Crippen molar-refractivity contribution in [3.05, 3.63) is 22.4 Å². The number of carbonyl (C=O) groups is 2. The zero-order valence-electron chi connectivity index (χ0n) is 11.4. The lowest BCUT2D eigenvalue weighted by Crippen LogP contribution is -2.33. The van der Waals surface area contributed by atoms with Gasteiger partial charge in [-0.3, -0.25) is 9.59 Å². The zero-order chi connectivity index (χ0) is 14.4. The third-order valence-corrected chi connectivity index (χ3v) is 4.41. The standard InChI is InChI=1S/C14H20N2O3S/c17-8-5-11-4-7-16(10-11)13(18)3-6-15-14(19)12-2-1-9-20-12/h1-2,9,11,17H,3-8,10H2,(H,15,19). The number of nitrogens with zero attached hydrogens (tertiary/aromatic N) is 1. The van der Waals surface area contributed by atoms with Crippen LogP contribution in [0.25, 0.3) is 0 Å². The SMILES string of the molecule is O=C(NCCC(=O)N1CCC(CCO)C1)c1cccs1. The molecule has 5 nitrogen and oxygen atoms in total. The fourth-order valence-corrected chi connectivity index (χ4v) is 3.05. The molecule has 2 heterocycles. The van der Waals surface area contributed by atoms with Crippen molar-refractivity contribution in [2.75, 3.05) is 26.2 Å². The maximum atomic E-state index is 12.0. The molecule has 1 aromatic heterocycles. The first-order valence-corrected chi connectivity index (χ1v) is 7.79. The number of hydrogen-bond donors (Lipinski definition) is 2. The molecular formula is C14H20N2O3S. The normalized spacial score (nSPS) is 18.2. The van der Waals surface area contributed by atoms with Gasteiger partial charge in [-0.15, -0.1) is 11.3 Å². The smallest absolute Gasteiger partial charge is 0.261 e. The molecule has 0 bridgehead atoms. The molecule has 0 radical (unpaired) electrons. The van der Waals surface area contributed by atoms with Gasteiger partial charge in [-0.25, -0.2) is 0 Å². The molecule has 6 heteroatoms. The summed E-state index contributed by atoms with van der Waals surface area (Å²) in [6.45, 7) is 2.06. The zero-order valence-corrected chi connectivity index (χ0v) is 12.2. The minimum Gasteiger partial charge on any atom is -0.396 e. The van der Waals surface area contributed by atoms with Crippen LogP contribution >= 0.6 is 11.3 Å². The number of rotatable bonds is 6. The summed E-state index contributed by atoms with van der Waals surface area (Å²) < 4.78 is 0. The molecule has 0 saturated carbocycles. The average molecular weight is 296 g/mol. The molecule has 110 valence electrons. The quantitative estimate of drug-likeness (QED) is 0.826. The average Bonchev–Trinajstić information content (AvgIpc) is 3.10. The summed E-state index contributed by atoms with van der Waals surface area (Å²) in [5.41, 5.74) is 0. The number of aliphatic hydroxyl groups excluding tert-OH is 1. The van der Waals surface area contributed by atoms with E-state index in [1.165, 1.54) is 11.3 Å². The van der Waals surface area contributed by atoms with Gasteiger partial charge in [0, 0.05) is 32.7 Å². The van der Waals surface area contributed by atoms with Crippen LogP contribution in [0.2, 0.25) is 0 Å². The number of nitrogens with one attached hydrogen (secondary N) is 1. The fourth-order valence-electron chi connectivity index (χ4n) is 2.41. The van der Waals surface area contributed by atoms with E-state index in [4.69, 9.17) is 5.11 Å². The molecule has 2 N–H and O–H groups in total. The van der Waals surface area contributed by atoms with Gasteiger partial charge in [0.15, 0.2) is 0 Å². The van der Waals surface area contributed by atoms with Gasteiger partial charge in [-0.1, -0.05) is 6.07 Å². The van der Waals surface area contributed by atoms with Crippen LogP contribution in [0.5, 0.6) is 0 Å². The van der Waals surface area contributed by atoms with Crippen molar-refractivity contribution in [2.45, 2.75) is 19.3 Å². The van der Waals surface area contributed by atoms with Gasteiger partial charge in [0.05, 0.1) is 4.88 Å². The molecule has 2 amide bonds. The van der Waals surface area contributed by atoms with Crippen LogP contribution in [0.3, 0.4) is 0 Å². The first-order chi connectivity index (χ1) is 9.70. The molecular weight excluding hydrogens is 276 g/mol. The molecule has 1 aliphatic rings. The van der Waals surface area contributed by atoms with Gasteiger partial charge < -0.3 is 15.3 Å². The molecule has 20 heavy (non-hydrogen) atoms. The summed E-state index contributed by atoms with van der Waals surface area (Å²) in [7, 11) is 0. The Bertz CT molecular complexity index is 447. The molecule has 1 unspecified atom stereocenters. The van der Waals surface area contributed by atoms with Gasteiger partial charge in [-0.2, -0.15) is 0 Å². The van der Waals surface area contributed by atoms with Crippen LogP contribution in [-0.2, 0) is 4.79 Å². The van der Waals surface area contributed by atoms with E-state index in [0.29, 0.717) is 23.8 Å². The van der Waals surface area contributed by atoms with E-state index in [-0.39, 0.29) is 18.4 Å². The van der Waals surface area contributed by atoms with Crippen LogP contribution in [-0.4, -0.2) is 48.1 Å². The maximum Gasteiger partial charge on any atom is 0.261 e. The van der Waals surface area contributed by atoms with E-state index >= 15 is 0 Å². The van der Waals surface area contributed by atoms with Crippen molar-refractivity contribution in [2.24, 2.45) is 5.92 Å². The van der Waals surface area contributed by atoms with E-state index in [1.807, 2.05) is 16.3 Å². The maximum absolute atomic E-state index is 12.0. The van der Waals surface area contributed by atoms with E-state index < -0.39 is 0 Å². The van der Waals surface area contributed by atoms with Crippen molar-refractivity contribution in [3.8, 4) is 0 Å². The van der Waals surface area contributed by atoms with E-state index in [2.05, 4.69) is 5.32 Å². The Morgan fingerprint density at radius 1 is 1.50 bits per heavy atom. The van der Waals surface area contributed by atoms with Crippen molar-refractivity contribution in [1.82, 2.24) is 10.2 Å². The van der Waals surface area contributed by atoms with Gasteiger partial charge in [0.1, 0.15) is 0 Å².